The van der Waals surface area contributed by atoms with E-state index < -0.39 is 6.10 Å². The summed E-state index contributed by atoms with van der Waals surface area (Å²) in [7, 11) is 0. The molecular formula is C14H20BrNO2. The van der Waals surface area contributed by atoms with Gasteiger partial charge in [0.2, 0.25) is 0 Å². The smallest absolute Gasteiger partial charge is 0.0772 e. The second-order valence-electron chi connectivity index (χ2n) is 5.04. The molecule has 0 bridgehead atoms. The van der Waals surface area contributed by atoms with Crippen molar-refractivity contribution >= 4 is 21.6 Å². The fourth-order valence-electron chi connectivity index (χ4n) is 2.44. The molecule has 2 rings (SSSR count). The van der Waals surface area contributed by atoms with Gasteiger partial charge in [0.1, 0.15) is 0 Å². The first-order valence-electron chi connectivity index (χ1n) is 6.35. The fourth-order valence-corrected chi connectivity index (χ4v) is 3.14. The summed E-state index contributed by atoms with van der Waals surface area (Å²) in [5.41, 5.74) is 2.10. The molecule has 1 N–H and O–H groups in total. The average Bonchev–Trinajstić information content (AvgIpc) is 2.26. The monoisotopic (exact) mass is 313 g/mol. The molecule has 0 aliphatic carbocycles. The molecule has 0 amide bonds. The number of aliphatic hydroxyl groups is 1. The molecule has 3 atom stereocenters. The van der Waals surface area contributed by atoms with Crippen LogP contribution in [0.4, 0.5) is 5.69 Å². The number of benzene rings is 1. The molecule has 2 unspecified atom stereocenters. The van der Waals surface area contributed by atoms with E-state index in [1.54, 1.807) is 6.92 Å². The molecule has 0 radical (unpaired) electrons. The first-order chi connectivity index (χ1) is 8.47. The van der Waals surface area contributed by atoms with Gasteiger partial charge in [-0.3, -0.25) is 0 Å². The predicted octanol–water partition coefficient (Wildman–Crippen LogP) is 3.12. The van der Waals surface area contributed by atoms with Gasteiger partial charge in [-0.1, -0.05) is 22.0 Å². The van der Waals surface area contributed by atoms with E-state index in [1.165, 1.54) is 5.69 Å². The summed E-state index contributed by atoms with van der Waals surface area (Å²) in [5, 5.41) is 9.63. The first-order valence-corrected chi connectivity index (χ1v) is 7.14. The van der Waals surface area contributed by atoms with E-state index in [2.05, 4.69) is 46.8 Å². The summed E-state index contributed by atoms with van der Waals surface area (Å²) in [5.74, 6) is 0. The lowest BCUT2D eigenvalue weighted by atomic mass is 10.1. The second-order valence-corrected chi connectivity index (χ2v) is 5.90. The van der Waals surface area contributed by atoms with Crippen LogP contribution in [0.3, 0.4) is 0 Å². The zero-order valence-corrected chi connectivity index (χ0v) is 12.6. The van der Waals surface area contributed by atoms with Crippen molar-refractivity contribution in [2.75, 3.05) is 18.0 Å². The average molecular weight is 314 g/mol. The maximum absolute atomic E-state index is 9.63. The number of ether oxygens (including phenoxy) is 1. The Kier molecular flexibility index (Phi) is 4.30. The quantitative estimate of drug-likeness (QED) is 0.910. The topological polar surface area (TPSA) is 32.7 Å². The van der Waals surface area contributed by atoms with Crippen LogP contribution >= 0.6 is 15.9 Å². The zero-order chi connectivity index (χ0) is 13.3. The van der Waals surface area contributed by atoms with Gasteiger partial charge < -0.3 is 14.7 Å². The Labute approximate surface area is 117 Å². The summed E-state index contributed by atoms with van der Waals surface area (Å²) in [6.45, 7) is 7.79. The van der Waals surface area contributed by atoms with Crippen LogP contribution in [-0.4, -0.2) is 30.4 Å². The highest BCUT2D eigenvalue weighted by Gasteiger charge is 2.22. The van der Waals surface area contributed by atoms with Gasteiger partial charge in [0, 0.05) is 23.2 Å². The molecule has 0 saturated carbocycles. The fraction of sp³-hybridized carbons (Fsp3) is 0.571. The van der Waals surface area contributed by atoms with Crippen LogP contribution in [-0.2, 0) is 4.74 Å². The predicted molar refractivity (Wildman–Crippen MR) is 77.0 cm³/mol. The van der Waals surface area contributed by atoms with Gasteiger partial charge in [0.15, 0.2) is 0 Å². The van der Waals surface area contributed by atoms with E-state index in [1.807, 2.05) is 6.07 Å². The van der Waals surface area contributed by atoms with Gasteiger partial charge >= 0.3 is 0 Å². The Balaban J connectivity index is 2.21. The van der Waals surface area contributed by atoms with Gasteiger partial charge in [0.05, 0.1) is 18.3 Å². The second kappa shape index (κ2) is 5.59. The van der Waals surface area contributed by atoms with Crippen LogP contribution < -0.4 is 4.90 Å². The number of rotatable bonds is 2. The molecule has 0 aromatic heterocycles. The molecule has 1 heterocycles. The highest BCUT2D eigenvalue weighted by Crippen LogP contribution is 2.29. The van der Waals surface area contributed by atoms with E-state index in [-0.39, 0.29) is 12.2 Å². The molecule has 1 aromatic rings. The molecule has 1 saturated heterocycles. The van der Waals surface area contributed by atoms with Crippen LogP contribution in [0, 0.1) is 0 Å². The lowest BCUT2D eigenvalue weighted by Gasteiger charge is -2.37. The minimum Gasteiger partial charge on any atom is -0.389 e. The molecular weight excluding hydrogens is 294 g/mol. The van der Waals surface area contributed by atoms with Crippen LogP contribution in [0.25, 0.3) is 0 Å². The Morgan fingerprint density at radius 2 is 1.94 bits per heavy atom. The summed E-state index contributed by atoms with van der Waals surface area (Å²) in [6.07, 6.45) is 0.0592. The summed E-state index contributed by atoms with van der Waals surface area (Å²) in [4.78, 5) is 2.33. The van der Waals surface area contributed by atoms with Crippen LogP contribution in [0.15, 0.2) is 22.7 Å². The molecule has 100 valence electrons. The van der Waals surface area contributed by atoms with Crippen LogP contribution in [0.2, 0.25) is 0 Å². The van der Waals surface area contributed by atoms with Crippen molar-refractivity contribution in [2.45, 2.75) is 39.1 Å². The standard InChI is InChI=1S/C14H20BrNO2/c1-9-7-16(8-10(2)18-9)12-4-5-13(11(3)17)14(15)6-12/h4-6,9-11,17H,7-8H2,1-3H3/t9?,10?,11-/m1/s1. The summed E-state index contributed by atoms with van der Waals surface area (Å²) >= 11 is 3.53. The summed E-state index contributed by atoms with van der Waals surface area (Å²) in [6, 6.07) is 6.12. The number of aliphatic hydroxyl groups excluding tert-OH is 1. The van der Waals surface area contributed by atoms with Crippen LogP contribution in [0.5, 0.6) is 0 Å². The van der Waals surface area contributed by atoms with Crippen molar-refractivity contribution < 1.29 is 9.84 Å². The van der Waals surface area contributed by atoms with Crippen molar-refractivity contribution in [3.8, 4) is 0 Å². The molecule has 4 heteroatoms. The largest absolute Gasteiger partial charge is 0.389 e. The number of hydrogen-bond acceptors (Lipinski definition) is 3. The number of hydrogen-bond donors (Lipinski definition) is 1. The lowest BCUT2D eigenvalue weighted by molar-refractivity contribution is -0.00522. The van der Waals surface area contributed by atoms with E-state index >= 15 is 0 Å². The number of anilines is 1. The zero-order valence-electron chi connectivity index (χ0n) is 11.1. The van der Waals surface area contributed by atoms with Crippen molar-refractivity contribution in [1.82, 2.24) is 0 Å². The van der Waals surface area contributed by atoms with Crippen molar-refractivity contribution in [1.29, 1.82) is 0 Å². The number of morpholine rings is 1. The third-order valence-corrected chi connectivity index (χ3v) is 3.91. The lowest BCUT2D eigenvalue weighted by Crippen LogP contribution is -2.45. The maximum Gasteiger partial charge on any atom is 0.0772 e. The third-order valence-electron chi connectivity index (χ3n) is 3.22. The van der Waals surface area contributed by atoms with Gasteiger partial charge in [-0.15, -0.1) is 0 Å². The molecule has 18 heavy (non-hydrogen) atoms. The van der Waals surface area contributed by atoms with Crippen molar-refractivity contribution in [3.63, 3.8) is 0 Å². The molecule has 1 aliphatic rings. The van der Waals surface area contributed by atoms with E-state index in [4.69, 9.17) is 4.74 Å². The van der Waals surface area contributed by atoms with E-state index in [0.717, 1.165) is 23.1 Å². The Morgan fingerprint density at radius 3 is 2.44 bits per heavy atom. The molecule has 1 aliphatic heterocycles. The van der Waals surface area contributed by atoms with Crippen molar-refractivity contribution in [2.24, 2.45) is 0 Å². The van der Waals surface area contributed by atoms with Gasteiger partial charge in [-0.2, -0.15) is 0 Å². The molecule has 3 nitrogen and oxygen atoms in total. The van der Waals surface area contributed by atoms with Crippen LogP contribution in [0.1, 0.15) is 32.4 Å². The molecule has 1 fully saturated rings. The SMILES string of the molecule is CC1CN(c2ccc([C@@H](C)O)c(Br)c2)CC(C)O1. The normalized spacial score (nSPS) is 26.2. The van der Waals surface area contributed by atoms with E-state index in [9.17, 15) is 5.11 Å². The number of halogens is 1. The number of nitrogens with zero attached hydrogens (tertiary/aromatic N) is 1. The molecule has 1 aromatic carbocycles. The maximum atomic E-state index is 9.63. The first kappa shape index (κ1) is 13.8. The third kappa shape index (κ3) is 3.05. The van der Waals surface area contributed by atoms with Crippen molar-refractivity contribution in [3.05, 3.63) is 28.2 Å². The highest BCUT2D eigenvalue weighted by molar-refractivity contribution is 9.10. The van der Waals surface area contributed by atoms with E-state index in [0.29, 0.717) is 0 Å². The summed E-state index contributed by atoms with van der Waals surface area (Å²) < 4.78 is 6.70. The van der Waals surface area contributed by atoms with Gasteiger partial charge in [-0.25, -0.2) is 0 Å². The molecule has 0 spiro atoms. The Morgan fingerprint density at radius 1 is 1.33 bits per heavy atom. The Bertz CT molecular complexity index is 412. The Hall–Kier alpha value is -0.580. The minimum absolute atomic E-state index is 0.254. The van der Waals surface area contributed by atoms with Gasteiger partial charge in [0.25, 0.3) is 0 Å². The van der Waals surface area contributed by atoms with Gasteiger partial charge in [-0.05, 0) is 38.5 Å². The highest BCUT2D eigenvalue weighted by atomic mass is 79.9. The minimum atomic E-state index is -0.448.